The van der Waals surface area contributed by atoms with Gasteiger partial charge in [-0.15, -0.1) is 0 Å². The zero-order valence-electron chi connectivity index (χ0n) is 11.6. The molecular formula is C15H16ClFN2O. The first kappa shape index (κ1) is 14.6. The van der Waals surface area contributed by atoms with E-state index < -0.39 is 0 Å². The van der Waals surface area contributed by atoms with Gasteiger partial charge in [-0.05, 0) is 32.0 Å². The van der Waals surface area contributed by atoms with Crippen molar-refractivity contribution in [3.8, 4) is 5.75 Å². The third kappa shape index (κ3) is 3.02. The molecule has 5 heteroatoms. The van der Waals surface area contributed by atoms with E-state index in [1.54, 1.807) is 25.4 Å². The number of nitrogens with zero attached hydrogens (tertiary/aromatic N) is 1. The predicted octanol–water partition coefficient (Wildman–Crippen LogP) is 4.11. The highest BCUT2D eigenvalue weighted by atomic mass is 35.5. The fraction of sp³-hybridized carbons (Fsp3) is 0.267. The Labute approximate surface area is 122 Å². The Hall–Kier alpha value is -1.81. The molecule has 1 N–H and O–H groups in total. The van der Waals surface area contributed by atoms with Gasteiger partial charge < -0.3 is 10.1 Å². The minimum Gasteiger partial charge on any atom is -0.496 e. The number of hydrogen-bond donors (Lipinski definition) is 1. The van der Waals surface area contributed by atoms with Crippen LogP contribution in [-0.2, 0) is 6.54 Å². The molecule has 0 aliphatic rings. The topological polar surface area (TPSA) is 34.1 Å². The summed E-state index contributed by atoms with van der Waals surface area (Å²) in [6.45, 7) is 4.30. The van der Waals surface area contributed by atoms with Crippen LogP contribution in [0.2, 0.25) is 5.02 Å². The number of nitrogens with one attached hydrogen (secondary N) is 1. The van der Waals surface area contributed by atoms with Crippen LogP contribution in [0.4, 0.5) is 10.1 Å². The largest absolute Gasteiger partial charge is 0.496 e. The number of benzene rings is 1. The Morgan fingerprint density at radius 1 is 1.35 bits per heavy atom. The number of anilines is 1. The zero-order valence-corrected chi connectivity index (χ0v) is 12.4. The van der Waals surface area contributed by atoms with Gasteiger partial charge in [-0.2, -0.15) is 0 Å². The van der Waals surface area contributed by atoms with Crippen molar-refractivity contribution in [1.82, 2.24) is 4.98 Å². The number of hydrogen-bond acceptors (Lipinski definition) is 3. The van der Waals surface area contributed by atoms with Gasteiger partial charge in [-0.25, -0.2) is 4.39 Å². The summed E-state index contributed by atoms with van der Waals surface area (Å²) >= 11 is 5.72. The lowest BCUT2D eigenvalue weighted by Crippen LogP contribution is -2.07. The second kappa shape index (κ2) is 6.09. The Morgan fingerprint density at radius 2 is 2.10 bits per heavy atom. The molecule has 0 aliphatic carbocycles. The molecule has 20 heavy (non-hydrogen) atoms. The fourth-order valence-corrected chi connectivity index (χ4v) is 2.22. The molecule has 1 aromatic carbocycles. The van der Waals surface area contributed by atoms with Gasteiger partial charge in [-0.1, -0.05) is 11.6 Å². The highest BCUT2D eigenvalue weighted by Crippen LogP contribution is 2.25. The number of aryl methyl sites for hydroxylation is 1. The van der Waals surface area contributed by atoms with Crippen LogP contribution >= 0.6 is 11.6 Å². The van der Waals surface area contributed by atoms with Gasteiger partial charge >= 0.3 is 0 Å². The van der Waals surface area contributed by atoms with Crippen LogP contribution in [0.5, 0.6) is 5.75 Å². The Bertz CT molecular complexity index is 632. The van der Waals surface area contributed by atoms with Crippen molar-refractivity contribution >= 4 is 17.3 Å². The van der Waals surface area contributed by atoms with E-state index in [0.717, 1.165) is 22.6 Å². The van der Waals surface area contributed by atoms with Gasteiger partial charge in [0, 0.05) is 22.3 Å². The minimum absolute atomic E-state index is 0.374. The van der Waals surface area contributed by atoms with E-state index in [-0.39, 0.29) is 5.82 Å². The SMILES string of the molecule is COc1c(C)cnc(CNc2ccc(Cl)cc2F)c1C. The van der Waals surface area contributed by atoms with E-state index in [2.05, 4.69) is 10.3 Å². The molecule has 0 radical (unpaired) electrons. The first-order chi connectivity index (χ1) is 9.52. The molecule has 0 aliphatic heterocycles. The number of halogens is 2. The Balaban J connectivity index is 2.19. The van der Waals surface area contributed by atoms with Crippen molar-refractivity contribution in [2.75, 3.05) is 12.4 Å². The maximum atomic E-state index is 13.7. The van der Waals surface area contributed by atoms with Crippen LogP contribution < -0.4 is 10.1 Å². The number of aromatic nitrogens is 1. The molecule has 0 saturated carbocycles. The van der Waals surface area contributed by atoms with E-state index in [1.165, 1.54) is 6.07 Å². The standard InChI is InChI=1S/C15H16ClFN2O/c1-9-7-18-14(10(2)15(9)20-3)8-19-13-5-4-11(16)6-12(13)17/h4-7,19H,8H2,1-3H3. The molecule has 0 saturated heterocycles. The van der Waals surface area contributed by atoms with Crippen LogP contribution in [0.3, 0.4) is 0 Å². The van der Waals surface area contributed by atoms with Gasteiger partial charge in [0.1, 0.15) is 11.6 Å². The van der Waals surface area contributed by atoms with Gasteiger partial charge in [0.15, 0.2) is 0 Å². The maximum Gasteiger partial charge on any atom is 0.147 e. The fourth-order valence-electron chi connectivity index (χ4n) is 2.06. The molecule has 2 aromatic rings. The van der Waals surface area contributed by atoms with Crippen molar-refractivity contribution in [2.45, 2.75) is 20.4 Å². The lowest BCUT2D eigenvalue weighted by Gasteiger charge is -2.13. The van der Waals surface area contributed by atoms with Crippen LogP contribution in [0, 0.1) is 19.7 Å². The summed E-state index contributed by atoms with van der Waals surface area (Å²) in [6, 6.07) is 4.53. The number of rotatable bonds is 4. The van der Waals surface area contributed by atoms with Gasteiger partial charge in [0.05, 0.1) is 25.0 Å². The van der Waals surface area contributed by atoms with Crippen LogP contribution in [0.15, 0.2) is 24.4 Å². The normalized spacial score (nSPS) is 10.4. The smallest absolute Gasteiger partial charge is 0.147 e. The predicted molar refractivity (Wildman–Crippen MR) is 79.0 cm³/mol. The van der Waals surface area contributed by atoms with Crippen molar-refractivity contribution in [3.63, 3.8) is 0 Å². The quantitative estimate of drug-likeness (QED) is 0.921. The van der Waals surface area contributed by atoms with E-state index in [1.807, 2.05) is 13.8 Å². The summed E-state index contributed by atoms with van der Waals surface area (Å²) in [5.41, 5.74) is 3.15. The summed E-state index contributed by atoms with van der Waals surface area (Å²) in [7, 11) is 1.63. The Morgan fingerprint density at radius 3 is 2.75 bits per heavy atom. The third-order valence-corrected chi connectivity index (χ3v) is 3.36. The van der Waals surface area contributed by atoms with Crippen LogP contribution in [0.1, 0.15) is 16.8 Å². The third-order valence-electron chi connectivity index (χ3n) is 3.13. The highest BCUT2D eigenvalue weighted by Gasteiger charge is 2.10. The van der Waals surface area contributed by atoms with E-state index in [0.29, 0.717) is 17.3 Å². The molecule has 2 rings (SSSR count). The molecule has 0 amide bonds. The summed E-state index contributed by atoms with van der Waals surface area (Å²) < 4.78 is 19.0. The zero-order chi connectivity index (χ0) is 14.7. The number of ether oxygens (including phenoxy) is 1. The number of methoxy groups -OCH3 is 1. The van der Waals surface area contributed by atoms with Crippen LogP contribution in [-0.4, -0.2) is 12.1 Å². The van der Waals surface area contributed by atoms with Gasteiger partial charge in [0.2, 0.25) is 0 Å². The molecule has 106 valence electrons. The molecule has 0 fully saturated rings. The summed E-state index contributed by atoms with van der Waals surface area (Å²) in [5.74, 6) is 0.433. The average Bonchev–Trinajstić information content (AvgIpc) is 2.40. The second-order valence-corrected chi connectivity index (χ2v) is 4.96. The molecule has 0 atom stereocenters. The van der Waals surface area contributed by atoms with Gasteiger partial charge in [0.25, 0.3) is 0 Å². The van der Waals surface area contributed by atoms with Crippen molar-refractivity contribution in [1.29, 1.82) is 0 Å². The lowest BCUT2D eigenvalue weighted by atomic mass is 10.1. The van der Waals surface area contributed by atoms with Crippen molar-refractivity contribution in [2.24, 2.45) is 0 Å². The van der Waals surface area contributed by atoms with E-state index in [4.69, 9.17) is 16.3 Å². The molecule has 1 aromatic heterocycles. The minimum atomic E-state index is -0.380. The van der Waals surface area contributed by atoms with Crippen molar-refractivity contribution < 1.29 is 9.13 Å². The summed E-state index contributed by atoms with van der Waals surface area (Å²) in [5, 5.41) is 3.39. The molecule has 0 unspecified atom stereocenters. The van der Waals surface area contributed by atoms with Gasteiger partial charge in [-0.3, -0.25) is 4.98 Å². The second-order valence-electron chi connectivity index (χ2n) is 4.52. The first-order valence-corrected chi connectivity index (χ1v) is 6.58. The Kier molecular flexibility index (Phi) is 4.45. The molecule has 0 spiro atoms. The highest BCUT2D eigenvalue weighted by molar-refractivity contribution is 6.30. The lowest BCUT2D eigenvalue weighted by molar-refractivity contribution is 0.407. The molecule has 0 bridgehead atoms. The molecule has 3 nitrogen and oxygen atoms in total. The monoisotopic (exact) mass is 294 g/mol. The van der Waals surface area contributed by atoms with E-state index in [9.17, 15) is 4.39 Å². The average molecular weight is 295 g/mol. The van der Waals surface area contributed by atoms with Crippen LogP contribution in [0.25, 0.3) is 0 Å². The first-order valence-electron chi connectivity index (χ1n) is 6.21. The number of pyridine rings is 1. The maximum absolute atomic E-state index is 13.7. The summed E-state index contributed by atoms with van der Waals surface area (Å²) in [6.07, 6.45) is 1.75. The molecular weight excluding hydrogens is 279 g/mol. The summed E-state index contributed by atoms with van der Waals surface area (Å²) in [4.78, 5) is 4.36. The molecule has 1 heterocycles. The van der Waals surface area contributed by atoms with E-state index >= 15 is 0 Å². The van der Waals surface area contributed by atoms with Crippen molar-refractivity contribution in [3.05, 3.63) is 52.1 Å².